The fourth-order valence-corrected chi connectivity index (χ4v) is 1.32. The number of rotatable bonds is 9. The molecule has 0 saturated carbocycles. The van der Waals surface area contributed by atoms with Crippen LogP contribution in [-0.2, 0) is 4.74 Å². The molecule has 0 aromatic rings. The van der Waals surface area contributed by atoms with Gasteiger partial charge in [0.05, 0.1) is 6.61 Å². The average molecular weight is 202 g/mol. The first kappa shape index (κ1) is 13.9. The number of nitrogens with two attached hydrogens (primary N) is 1. The molecule has 0 aromatic carbocycles. The molecule has 0 rings (SSSR count). The first-order valence-electron chi connectivity index (χ1n) is 5.80. The SMILES string of the molecule is CCOCCN(CC)CCC(N)CC. The van der Waals surface area contributed by atoms with E-state index in [1.807, 2.05) is 6.92 Å². The molecule has 0 aliphatic carbocycles. The monoisotopic (exact) mass is 202 g/mol. The molecular formula is C11H26N2O. The van der Waals surface area contributed by atoms with Gasteiger partial charge in [-0.05, 0) is 32.9 Å². The zero-order valence-corrected chi connectivity index (χ0v) is 9.96. The Labute approximate surface area is 88.6 Å². The number of hydrogen-bond donors (Lipinski definition) is 1. The summed E-state index contributed by atoms with van der Waals surface area (Å²) in [7, 11) is 0. The number of ether oxygens (including phenoxy) is 1. The van der Waals surface area contributed by atoms with Crippen molar-refractivity contribution in [2.24, 2.45) is 5.73 Å². The molecule has 2 N–H and O–H groups in total. The maximum atomic E-state index is 5.87. The van der Waals surface area contributed by atoms with Crippen LogP contribution in [0.3, 0.4) is 0 Å². The van der Waals surface area contributed by atoms with Gasteiger partial charge in [0.25, 0.3) is 0 Å². The Bertz CT molecular complexity index is 120. The van der Waals surface area contributed by atoms with Gasteiger partial charge in [0.2, 0.25) is 0 Å². The van der Waals surface area contributed by atoms with Crippen LogP contribution in [0.4, 0.5) is 0 Å². The van der Waals surface area contributed by atoms with Crippen LogP contribution in [0.1, 0.15) is 33.6 Å². The molecule has 0 aliphatic rings. The van der Waals surface area contributed by atoms with Gasteiger partial charge in [-0.2, -0.15) is 0 Å². The highest BCUT2D eigenvalue weighted by Gasteiger charge is 2.04. The summed E-state index contributed by atoms with van der Waals surface area (Å²) in [6.45, 7) is 11.2. The Morgan fingerprint density at radius 3 is 2.43 bits per heavy atom. The lowest BCUT2D eigenvalue weighted by Crippen LogP contribution is -2.32. The Morgan fingerprint density at radius 2 is 1.93 bits per heavy atom. The van der Waals surface area contributed by atoms with Crippen LogP contribution in [0.25, 0.3) is 0 Å². The van der Waals surface area contributed by atoms with Gasteiger partial charge in [-0.1, -0.05) is 13.8 Å². The molecule has 3 heteroatoms. The summed E-state index contributed by atoms with van der Waals surface area (Å²) in [6, 6.07) is 0.358. The number of likely N-dealkylation sites (N-methyl/N-ethyl adjacent to an activating group) is 1. The predicted molar refractivity (Wildman–Crippen MR) is 61.5 cm³/mol. The number of nitrogens with zero attached hydrogens (tertiary/aromatic N) is 1. The van der Waals surface area contributed by atoms with E-state index in [-0.39, 0.29) is 0 Å². The first-order chi connectivity index (χ1) is 6.74. The van der Waals surface area contributed by atoms with Crippen LogP contribution in [0.5, 0.6) is 0 Å². The largest absolute Gasteiger partial charge is 0.380 e. The minimum absolute atomic E-state index is 0.358. The summed E-state index contributed by atoms with van der Waals surface area (Å²) < 4.78 is 5.33. The summed E-state index contributed by atoms with van der Waals surface area (Å²) in [5, 5.41) is 0. The van der Waals surface area contributed by atoms with Crippen molar-refractivity contribution in [1.29, 1.82) is 0 Å². The molecule has 0 amide bonds. The Kier molecular flexibility index (Phi) is 9.35. The summed E-state index contributed by atoms with van der Waals surface area (Å²) in [6.07, 6.45) is 2.17. The normalized spacial score (nSPS) is 13.5. The van der Waals surface area contributed by atoms with E-state index in [1.165, 1.54) is 0 Å². The van der Waals surface area contributed by atoms with E-state index < -0.39 is 0 Å². The zero-order chi connectivity index (χ0) is 10.8. The van der Waals surface area contributed by atoms with Crippen LogP contribution in [-0.4, -0.2) is 43.8 Å². The van der Waals surface area contributed by atoms with E-state index >= 15 is 0 Å². The van der Waals surface area contributed by atoms with Gasteiger partial charge < -0.3 is 15.4 Å². The van der Waals surface area contributed by atoms with Crippen molar-refractivity contribution in [2.75, 3.05) is 32.8 Å². The molecule has 86 valence electrons. The van der Waals surface area contributed by atoms with Crippen molar-refractivity contribution in [3.8, 4) is 0 Å². The lowest BCUT2D eigenvalue weighted by molar-refractivity contribution is 0.114. The molecule has 3 nitrogen and oxygen atoms in total. The van der Waals surface area contributed by atoms with Crippen molar-refractivity contribution >= 4 is 0 Å². The van der Waals surface area contributed by atoms with Gasteiger partial charge in [0, 0.05) is 19.2 Å². The van der Waals surface area contributed by atoms with E-state index in [0.29, 0.717) is 6.04 Å². The van der Waals surface area contributed by atoms with Crippen LogP contribution in [0, 0.1) is 0 Å². The third-order valence-corrected chi connectivity index (χ3v) is 2.54. The molecule has 1 unspecified atom stereocenters. The lowest BCUT2D eigenvalue weighted by atomic mass is 10.1. The molecule has 1 atom stereocenters. The molecule has 0 aliphatic heterocycles. The Balaban J connectivity index is 3.47. The second-order valence-corrected chi connectivity index (χ2v) is 3.59. The second-order valence-electron chi connectivity index (χ2n) is 3.59. The van der Waals surface area contributed by atoms with Crippen molar-refractivity contribution in [2.45, 2.75) is 39.7 Å². The van der Waals surface area contributed by atoms with Crippen molar-refractivity contribution < 1.29 is 4.74 Å². The molecule has 0 saturated heterocycles. The molecular weight excluding hydrogens is 176 g/mol. The molecule has 0 bridgehead atoms. The first-order valence-corrected chi connectivity index (χ1v) is 5.80. The average Bonchev–Trinajstić information content (AvgIpc) is 2.22. The fraction of sp³-hybridized carbons (Fsp3) is 1.00. The minimum atomic E-state index is 0.358. The zero-order valence-electron chi connectivity index (χ0n) is 9.96. The smallest absolute Gasteiger partial charge is 0.0593 e. The summed E-state index contributed by atoms with van der Waals surface area (Å²) in [5.74, 6) is 0. The molecule has 0 heterocycles. The minimum Gasteiger partial charge on any atom is -0.380 e. The third-order valence-electron chi connectivity index (χ3n) is 2.54. The van der Waals surface area contributed by atoms with Crippen molar-refractivity contribution in [3.63, 3.8) is 0 Å². The highest BCUT2D eigenvalue weighted by atomic mass is 16.5. The summed E-state index contributed by atoms with van der Waals surface area (Å²) >= 11 is 0. The van der Waals surface area contributed by atoms with Crippen LogP contribution in [0.15, 0.2) is 0 Å². The van der Waals surface area contributed by atoms with E-state index in [0.717, 1.165) is 45.7 Å². The maximum Gasteiger partial charge on any atom is 0.0593 e. The van der Waals surface area contributed by atoms with Crippen LogP contribution in [0.2, 0.25) is 0 Å². The lowest BCUT2D eigenvalue weighted by Gasteiger charge is -2.21. The second kappa shape index (κ2) is 9.44. The molecule has 0 fully saturated rings. The van der Waals surface area contributed by atoms with Crippen molar-refractivity contribution in [1.82, 2.24) is 4.90 Å². The van der Waals surface area contributed by atoms with E-state index in [9.17, 15) is 0 Å². The maximum absolute atomic E-state index is 5.87. The topological polar surface area (TPSA) is 38.5 Å². The quantitative estimate of drug-likeness (QED) is 0.575. The van der Waals surface area contributed by atoms with E-state index in [1.54, 1.807) is 0 Å². The molecule has 0 spiro atoms. The number of hydrogen-bond acceptors (Lipinski definition) is 3. The third kappa shape index (κ3) is 7.30. The Morgan fingerprint density at radius 1 is 1.21 bits per heavy atom. The molecule has 14 heavy (non-hydrogen) atoms. The highest BCUT2D eigenvalue weighted by Crippen LogP contribution is 1.97. The van der Waals surface area contributed by atoms with Gasteiger partial charge in [-0.15, -0.1) is 0 Å². The van der Waals surface area contributed by atoms with Crippen LogP contribution < -0.4 is 5.73 Å². The predicted octanol–water partition coefficient (Wildman–Crippen LogP) is 1.47. The van der Waals surface area contributed by atoms with E-state index in [2.05, 4.69) is 18.7 Å². The molecule has 0 aromatic heterocycles. The van der Waals surface area contributed by atoms with Crippen molar-refractivity contribution in [3.05, 3.63) is 0 Å². The van der Waals surface area contributed by atoms with Gasteiger partial charge >= 0.3 is 0 Å². The molecule has 0 radical (unpaired) electrons. The van der Waals surface area contributed by atoms with Gasteiger partial charge in [-0.3, -0.25) is 0 Å². The fourth-order valence-electron chi connectivity index (χ4n) is 1.32. The van der Waals surface area contributed by atoms with Crippen LogP contribution >= 0.6 is 0 Å². The van der Waals surface area contributed by atoms with Gasteiger partial charge in [0.15, 0.2) is 0 Å². The van der Waals surface area contributed by atoms with Gasteiger partial charge in [0.1, 0.15) is 0 Å². The summed E-state index contributed by atoms with van der Waals surface area (Å²) in [4.78, 5) is 2.39. The Hall–Kier alpha value is -0.120. The van der Waals surface area contributed by atoms with E-state index in [4.69, 9.17) is 10.5 Å². The van der Waals surface area contributed by atoms with Gasteiger partial charge in [-0.25, -0.2) is 0 Å². The summed E-state index contributed by atoms with van der Waals surface area (Å²) in [5.41, 5.74) is 5.87. The standard InChI is InChI=1S/C11H26N2O/c1-4-11(12)7-8-13(5-2)9-10-14-6-3/h11H,4-10,12H2,1-3H3. The highest BCUT2D eigenvalue weighted by molar-refractivity contribution is 4.63.